The number of benzene rings is 2. The van der Waals surface area contributed by atoms with Gasteiger partial charge < -0.3 is 18.9 Å². The van der Waals surface area contributed by atoms with E-state index in [1.807, 2.05) is 58.9 Å². The van der Waals surface area contributed by atoms with Crippen LogP contribution in [0.3, 0.4) is 0 Å². The fourth-order valence-corrected chi connectivity index (χ4v) is 5.35. The van der Waals surface area contributed by atoms with Gasteiger partial charge in [-0.3, -0.25) is 4.90 Å². The number of hydrogen-bond donors (Lipinski definition) is 0. The number of amides is 1. The molecule has 3 heterocycles. The summed E-state index contributed by atoms with van der Waals surface area (Å²) < 4.78 is 24.4. The quantitative estimate of drug-likeness (QED) is 0.603. The molecule has 0 N–H and O–H groups in total. The molecule has 3 aliphatic heterocycles. The van der Waals surface area contributed by atoms with E-state index in [4.69, 9.17) is 18.9 Å². The van der Waals surface area contributed by atoms with E-state index in [-0.39, 0.29) is 6.04 Å². The van der Waals surface area contributed by atoms with Gasteiger partial charge >= 0.3 is 6.09 Å². The SMILES string of the molecule is CC(C)(C)OC(=O)N1[C@H]([C@H]2OCc3ccccc3[C@@]23C=COc2ccccc23)COC1(C)C. The van der Waals surface area contributed by atoms with E-state index in [0.29, 0.717) is 13.2 Å². The second-order valence-corrected chi connectivity index (χ2v) is 10.3. The summed E-state index contributed by atoms with van der Waals surface area (Å²) in [5.41, 5.74) is 1.20. The summed E-state index contributed by atoms with van der Waals surface area (Å²) in [7, 11) is 0. The lowest BCUT2D eigenvalue weighted by Crippen LogP contribution is -2.60. The maximum atomic E-state index is 13.4. The van der Waals surface area contributed by atoms with Crippen molar-refractivity contribution in [2.45, 2.75) is 70.1 Å². The Labute approximate surface area is 195 Å². The standard InChI is InChI=1S/C27H31NO5/c1-25(2,3)33-24(29)28-21(17-32-26(28,4)5)23-27(19-11-7-6-10-18(19)16-31-23)14-15-30-22-13-9-8-12-20(22)27/h6-15,21,23H,16-17H2,1-5H3/t21-,23+,27+/m0/s1. The Kier molecular flexibility index (Phi) is 5.07. The molecule has 0 radical (unpaired) electrons. The van der Waals surface area contributed by atoms with Crippen LogP contribution < -0.4 is 4.74 Å². The highest BCUT2D eigenvalue weighted by atomic mass is 16.6. The first kappa shape index (κ1) is 22.0. The zero-order chi connectivity index (χ0) is 23.4. The predicted octanol–water partition coefficient (Wildman–Crippen LogP) is 5.15. The van der Waals surface area contributed by atoms with Gasteiger partial charge in [0.1, 0.15) is 17.1 Å². The molecule has 6 nitrogen and oxygen atoms in total. The van der Waals surface area contributed by atoms with Crippen molar-refractivity contribution in [2.24, 2.45) is 0 Å². The summed E-state index contributed by atoms with van der Waals surface area (Å²) in [4.78, 5) is 15.1. The van der Waals surface area contributed by atoms with E-state index in [1.54, 1.807) is 11.2 Å². The van der Waals surface area contributed by atoms with Crippen LogP contribution in [0.25, 0.3) is 0 Å². The van der Waals surface area contributed by atoms with Crippen LogP contribution in [0, 0.1) is 0 Å². The Morgan fingerprint density at radius 3 is 2.52 bits per heavy atom. The third kappa shape index (κ3) is 3.52. The number of ether oxygens (including phenoxy) is 4. The lowest BCUT2D eigenvalue weighted by atomic mass is 9.65. The highest BCUT2D eigenvalue weighted by Gasteiger charge is 2.58. The van der Waals surface area contributed by atoms with Gasteiger partial charge in [-0.15, -0.1) is 0 Å². The van der Waals surface area contributed by atoms with E-state index in [0.717, 1.165) is 22.4 Å². The molecule has 33 heavy (non-hydrogen) atoms. The van der Waals surface area contributed by atoms with Crippen molar-refractivity contribution < 1.29 is 23.7 Å². The topological polar surface area (TPSA) is 57.2 Å². The van der Waals surface area contributed by atoms with Crippen molar-refractivity contribution in [2.75, 3.05) is 6.61 Å². The summed E-state index contributed by atoms with van der Waals surface area (Å²) in [6.07, 6.45) is 3.00. The maximum absolute atomic E-state index is 13.4. The average molecular weight is 450 g/mol. The van der Waals surface area contributed by atoms with Crippen molar-refractivity contribution in [1.29, 1.82) is 0 Å². The van der Waals surface area contributed by atoms with Gasteiger partial charge in [-0.25, -0.2) is 4.79 Å². The van der Waals surface area contributed by atoms with Crippen molar-refractivity contribution >= 4 is 6.09 Å². The van der Waals surface area contributed by atoms with Crippen LogP contribution in [0.5, 0.6) is 5.75 Å². The molecule has 0 bridgehead atoms. The van der Waals surface area contributed by atoms with Crippen LogP contribution in [-0.2, 0) is 26.2 Å². The smallest absolute Gasteiger partial charge is 0.412 e. The molecule has 3 atom stereocenters. The van der Waals surface area contributed by atoms with E-state index >= 15 is 0 Å². The minimum atomic E-state index is -0.830. The molecule has 6 heteroatoms. The molecule has 2 aromatic rings. The van der Waals surface area contributed by atoms with Crippen molar-refractivity contribution in [3.8, 4) is 5.75 Å². The Morgan fingerprint density at radius 2 is 1.76 bits per heavy atom. The summed E-state index contributed by atoms with van der Waals surface area (Å²) >= 11 is 0. The monoisotopic (exact) mass is 449 g/mol. The van der Waals surface area contributed by atoms with E-state index < -0.39 is 28.9 Å². The Balaban J connectivity index is 1.67. The number of hydrogen-bond acceptors (Lipinski definition) is 5. The van der Waals surface area contributed by atoms with Gasteiger partial charge in [0.2, 0.25) is 0 Å². The maximum Gasteiger partial charge on any atom is 0.412 e. The molecule has 1 spiro atoms. The molecule has 0 aliphatic carbocycles. The zero-order valence-electron chi connectivity index (χ0n) is 19.8. The number of fused-ring (bicyclic) bond motifs is 4. The summed E-state index contributed by atoms with van der Waals surface area (Å²) in [5, 5.41) is 0. The summed E-state index contributed by atoms with van der Waals surface area (Å²) in [5.74, 6) is 0.785. The first-order valence-electron chi connectivity index (χ1n) is 11.4. The summed E-state index contributed by atoms with van der Waals surface area (Å²) in [6.45, 7) is 10.2. The third-order valence-corrected chi connectivity index (χ3v) is 6.65. The molecular weight excluding hydrogens is 418 g/mol. The molecule has 3 aliphatic rings. The Bertz CT molecular complexity index is 1100. The lowest BCUT2D eigenvalue weighted by Gasteiger charge is -2.49. The van der Waals surface area contributed by atoms with Gasteiger partial charge in [0.25, 0.3) is 0 Å². The number of para-hydroxylation sites is 1. The molecule has 1 fully saturated rings. The lowest BCUT2D eigenvalue weighted by molar-refractivity contribution is -0.0837. The molecule has 0 aromatic heterocycles. The number of carbonyl (C=O) groups is 1. The van der Waals surface area contributed by atoms with Crippen LogP contribution in [0.4, 0.5) is 4.79 Å². The highest BCUT2D eigenvalue weighted by Crippen LogP contribution is 2.51. The second-order valence-electron chi connectivity index (χ2n) is 10.3. The highest BCUT2D eigenvalue weighted by molar-refractivity contribution is 5.70. The molecule has 1 amide bonds. The van der Waals surface area contributed by atoms with Gasteiger partial charge in [-0.1, -0.05) is 42.5 Å². The van der Waals surface area contributed by atoms with Gasteiger partial charge in [-0.2, -0.15) is 0 Å². The van der Waals surface area contributed by atoms with Crippen LogP contribution in [0.1, 0.15) is 51.3 Å². The number of rotatable bonds is 1. The van der Waals surface area contributed by atoms with Crippen molar-refractivity contribution in [3.05, 3.63) is 77.6 Å². The fraction of sp³-hybridized carbons (Fsp3) is 0.444. The van der Waals surface area contributed by atoms with Crippen LogP contribution in [0.15, 0.2) is 60.9 Å². The average Bonchev–Trinajstić information content (AvgIpc) is 3.08. The predicted molar refractivity (Wildman–Crippen MR) is 124 cm³/mol. The molecule has 1 saturated heterocycles. The molecule has 0 saturated carbocycles. The van der Waals surface area contributed by atoms with Crippen molar-refractivity contribution in [3.63, 3.8) is 0 Å². The second kappa shape index (κ2) is 7.61. The van der Waals surface area contributed by atoms with E-state index in [2.05, 4.69) is 30.3 Å². The fourth-order valence-electron chi connectivity index (χ4n) is 5.35. The zero-order valence-corrected chi connectivity index (χ0v) is 19.8. The minimum absolute atomic E-state index is 0.345. The first-order valence-corrected chi connectivity index (χ1v) is 11.4. The molecule has 5 rings (SSSR count). The molecule has 2 aromatic carbocycles. The molecule has 0 unspecified atom stereocenters. The normalized spacial score (nSPS) is 27.6. The largest absolute Gasteiger partial charge is 0.465 e. The number of carbonyl (C=O) groups excluding carboxylic acids is 1. The summed E-state index contributed by atoms with van der Waals surface area (Å²) in [6, 6.07) is 16.0. The third-order valence-electron chi connectivity index (χ3n) is 6.65. The van der Waals surface area contributed by atoms with Crippen LogP contribution in [-0.4, -0.2) is 41.1 Å². The van der Waals surface area contributed by atoms with Gasteiger partial charge in [0.15, 0.2) is 0 Å². The number of nitrogens with zero attached hydrogens (tertiary/aromatic N) is 1. The Hall–Kier alpha value is -2.83. The van der Waals surface area contributed by atoms with Gasteiger partial charge in [0.05, 0.1) is 37.0 Å². The Morgan fingerprint density at radius 1 is 1.06 bits per heavy atom. The van der Waals surface area contributed by atoms with Crippen LogP contribution >= 0.6 is 0 Å². The van der Waals surface area contributed by atoms with Crippen LogP contribution in [0.2, 0.25) is 0 Å². The van der Waals surface area contributed by atoms with Crippen molar-refractivity contribution in [1.82, 2.24) is 4.90 Å². The molecular formula is C27H31NO5. The molecule has 174 valence electrons. The van der Waals surface area contributed by atoms with Gasteiger partial charge in [-0.05, 0) is 57.9 Å². The first-order chi connectivity index (χ1) is 15.6. The van der Waals surface area contributed by atoms with E-state index in [9.17, 15) is 4.79 Å². The minimum Gasteiger partial charge on any atom is -0.465 e. The van der Waals surface area contributed by atoms with E-state index in [1.165, 1.54) is 0 Å². The van der Waals surface area contributed by atoms with Gasteiger partial charge in [0, 0.05) is 5.56 Å².